The highest BCUT2D eigenvalue weighted by atomic mass is 16.3. The molecule has 4 nitrogen and oxygen atoms in total. The molecule has 0 aliphatic carbocycles. The number of benzene rings is 1. The van der Waals surface area contributed by atoms with Gasteiger partial charge in [-0.1, -0.05) is 36.8 Å². The van der Waals surface area contributed by atoms with E-state index >= 15 is 0 Å². The van der Waals surface area contributed by atoms with Gasteiger partial charge in [0.1, 0.15) is 12.2 Å². The zero-order valence-electron chi connectivity index (χ0n) is 11.6. The molecule has 0 aliphatic rings. The molecule has 0 bridgehead atoms. The Labute approximate surface area is 114 Å². The minimum atomic E-state index is -0.414. The lowest BCUT2D eigenvalue weighted by atomic mass is 10.0. The number of rotatable bonds is 6. The molecule has 0 radical (unpaired) electrons. The first-order valence-corrected chi connectivity index (χ1v) is 6.79. The quantitative estimate of drug-likeness (QED) is 0.864. The molecule has 2 rings (SSSR count). The SMILES string of the molecule is CCCn1ncnc1CC(O)Cc1ccc(C)cc1. The summed E-state index contributed by atoms with van der Waals surface area (Å²) in [7, 11) is 0. The Morgan fingerprint density at radius 3 is 2.63 bits per heavy atom. The minimum absolute atomic E-state index is 0.414. The molecule has 1 atom stereocenters. The van der Waals surface area contributed by atoms with Crippen LogP contribution in [0.2, 0.25) is 0 Å². The number of aliphatic hydroxyl groups excluding tert-OH is 1. The summed E-state index contributed by atoms with van der Waals surface area (Å²) in [6.07, 6.45) is 3.36. The number of nitrogens with zero attached hydrogens (tertiary/aromatic N) is 3. The van der Waals surface area contributed by atoms with Crippen LogP contribution in [-0.2, 0) is 19.4 Å². The first-order valence-electron chi connectivity index (χ1n) is 6.79. The van der Waals surface area contributed by atoms with E-state index in [0.29, 0.717) is 12.8 Å². The predicted molar refractivity (Wildman–Crippen MR) is 74.9 cm³/mol. The molecule has 102 valence electrons. The van der Waals surface area contributed by atoms with Gasteiger partial charge in [-0.3, -0.25) is 4.68 Å². The van der Waals surface area contributed by atoms with Crippen LogP contribution in [0.1, 0.15) is 30.3 Å². The molecule has 0 fully saturated rings. The molecule has 0 amide bonds. The van der Waals surface area contributed by atoms with Crippen LogP contribution < -0.4 is 0 Å². The summed E-state index contributed by atoms with van der Waals surface area (Å²) in [6, 6.07) is 8.27. The molecule has 2 aromatic rings. The van der Waals surface area contributed by atoms with Gasteiger partial charge in [-0.05, 0) is 25.3 Å². The Bertz CT molecular complexity index is 504. The van der Waals surface area contributed by atoms with Crippen molar-refractivity contribution in [1.82, 2.24) is 14.8 Å². The highest BCUT2D eigenvalue weighted by Crippen LogP contribution is 2.09. The summed E-state index contributed by atoms with van der Waals surface area (Å²) in [5, 5.41) is 14.3. The Morgan fingerprint density at radius 1 is 1.21 bits per heavy atom. The fraction of sp³-hybridized carbons (Fsp3) is 0.467. The van der Waals surface area contributed by atoms with Gasteiger partial charge in [-0.15, -0.1) is 0 Å². The minimum Gasteiger partial charge on any atom is -0.392 e. The Kier molecular flexibility index (Phi) is 4.68. The summed E-state index contributed by atoms with van der Waals surface area (Å²) in [5.41, 5.74) is 2.39. The highest BCUT2D eigenvalue weighted by Gasteiger charge is 2.11. The number of aliphatic hydroxyl groups is 1. The van der Waals surface area contributed by atoms with E-state index in [0.717, 1.165) is 24.4 Å². The summed E-state index contributed by atoms with van der Waals surface area (Å²) in [6.45, 7) is 5.02. The van der Waals surface area contributed by atoms with Gasteiger partial charge in [0.2, 0.25) is 0 Å². The standard InChI is InChI=1S/C15H21N3O/c1-3-8-18-15(16-11-17-18)10-14(19)9-13-6-4-12(2)5-7-13/h4-7,11,14,19H,3,8-10H2,1-2H3. The molecule has 1 aromatic carbocycles. The zero-order chi connectivity index (χ0) is 13.7. The van der Waals surface area contributed by atoms with Gasteiger partial charge in [0.05, 0.1) is 6.10 Å². The van der Waals surface area contributed by atoms with Gasteiger partial charge in [-0.2, -0.15) is 5.10 Å². The van der Waals surface area contributed by atoms with Crippen LogP contribution in [0.4, 0.5) is 0 Å². The Morgan fingerprint density at radius 2 is 1.95 bits per heavy atom. The third-order valence-electron chi connectivity index (χ3n) is 3.14. The molecule has 1 N–H and O–H groups in total. The molecule has 0 saturated heterocycles. The van der Waals surface area contributed by atoms with Crippen LogP contribution in [0, 0.1) is 6.92 Å². The Balaban J connectivity index is 1.95. The second kappa shape index (κ2) is 6.48. The van der Waals surface area contributed by atoms with Crippen molar-refractivity contribution < 1.29 is 5.11 Å². The summed E-state index contributed by atoms with van der Waals surface area (Å²) < 4.78 is 1.87. The fourth-order valence-electron chi connectivity index (χ4n) is 2.12. The van der Waals surface area contributed by atoms with Crippen LogP contribution in [0.25, 0.3) is 0 Å². The van der Waals surface area contributed by atoms with Gasteiger partial charge in [-0.25, -0.2) is 4.98 Å². The second-order valence-electron chi connectivity index (χ2n) is 4.95. The lowest BCUT2D eigenvalue weighted by Crippen LogP contribution is -2.18. The van der Waals surface area contributed by atoms with Crippen LogP contribution in [0.5, 0.6) is 0 Å². The third-order valence-corrected chi connectivity index (χ3v) is 3.14. The van der Waals surface area contributed by atoms with Gasteiger partial charge in [0, 0.05) is 13.0 Å². The highest BCUT2D eigenvalue weighted by molar-refractivity contribution is 5.21. The maximum atomic E-state index is 10.2. The summed E-state index contributed by atoms with van der Waals surface area (Å²) in [5.74, 6) is 0.862. The molecule has 1 aromatic heterocycles. The fourth-order valence-corrected chi connectivity index (χ4v) is 2.12. The lowest BCUT2D eigenvalue weighted by molar-refractivity contribution is 0.171. The predicted octanol–water partition coefficient (Wildman–Crippen LogP) is 2.14. The second-order valence-corrected chi connectivity index (χ2v) is 4.95. The maximum absolute atomic E-state index is 10.2. The maximum Gasteiger partial charge on any atom is 0.138 e. The van der Waals surface area contributed by atoms with Crippen LogP contribution >= 0.6 is 0 Å². The molecular weight excluding hydrogens is 238 g/mol. The number of aryl methyl sites for hydroxylation is 2. The van der Waals surface area contributed by atoms with Crippen molar-refractivity contribution in [1.29, 1.82) is 0 Å². The average Bonchev–Trinajstić information content (AvgIpc) is 2.80. The molecule has 19 heavy (non-hydrogen) atoms. The van der Waals surface area contributed by atoms with Crippen molar-refractivity contribution in [2.45, 2.75) is 45.8 Å². The van der Waals surface area contributed by atoms with Gasteiger partial charge >= 0.3 is 0 Å². The van der Waals surface area contributed by atoms with Gasteiger partial charge in [0.25, 0.3) is 0 Å². The molecular formula is C15H21N3O. The van der Waals surface area contributed by atoms with Crippen molar-refractivity contribution in [2.24, 2.45) is 0 Å². The van der Waals surface area contributed by atoms with Crippen molar-refractivity contribution in [3.05, 3.63) is 47.5 Å². The Hall–Kier alpha value is -1.68. The average molecular weight is 259 g/mol. The van der Waals surface area contributed by atoms with Crippen molar-refractivity contribution in [2.75, 3.05) is 0 Å². The normalized spacial score (nSPS) is 12.6. The lowest BCUT2D eigenvalue weighted by Gasteiger charge is -2.11. The van der Waals surface area contributed by atoms with E-state index in [2.05, 4.69) is 48.2 Å². The van der Waals surface area contributed by atoms with E-state index in [4.69, 9.17) is 0 Å². The van der Waals surface area contributed by atoms with E-state index in [1.165, 1.54) is 5.56 Å². The van der Waals surface area contributed by atoms with Crippen LogP contribution in [-0.4, -0.2) is 26.0 Å². The molecule has 1 heterocycles. The van der Waals surface area contributed by atoms with Crippen molar-refractivity contribution >= 4 is 0 Å². The molecule has 0 spiro atoms. The van der Waals surface area contributed by atoms with E-state index in [-0.39, 0.29) is 0 Å². The number of aromatic nitrogens is 3. The monoisotopic (exact) mass is 259 g/mol. The summed E-state index contributed by atoms with van der Waals surface area (Å²) >= 11 is 0. The largest absolute Gasteiger partial charge is 0.392 e. The van der Waals surface area contributed by atoms with Gasteiger partial charge in [0.15, 0.2) is 0 Å². The van der Waals surface area contributed by atoms with Crippen LogP contribution in [0.3, 0.4) is 0 Å². The van der Waals surface area contributed by atoms with E-state index in [1.54, 1.807) is 6.33 Å². The van der Waals surface area contributed by atoms with Crippen molar-refractivity contribution in [3.63, 3.8) is 0 Å². The zero-order valence-corrected chi connectivity index (χ0v) is 11.6. The topological polar surface area (TPSA) is 50.9 Å². The first-order chi connectivity index (χ1) is 9.19. The van der Waals surface area contributed by atoms with E-state index in [1.807, 2.05) is 4.68 Å². The molecule has 0 saturated carbocycles. The molecule has 0 aliphatic heterocycles. The molecule has 1 unspecified atom stereocenters. The number of hydrogen-bond acceptors (Lipinski definition) is 3. The molecule has 4 heteroatoms. The summed E-state index contributed by atoms with van der Waals surface area (Å²) in [4.78, 5) is 4.22. The van der Waals surface area contributed by atoms with E-state index in [9.17, 15) is 5.11 Å². The third kappa shape index (κ3) is 3.89. The van der Waals surface area contributed by atoms with Crippen molar-refractivity contribution in [3.8, 4) is 0 Å². The number of hydrogen-bond donors (Lipinski definition) is 1. The van der Waals surface area contributed by atoms with Gasteiger partial charge < -0.3 is 5.11 Å². The van der Waals surface area contributed by atoms with E-state index < -0.39 is 6.10 Å². The first kappa shape index (κ1) is 13.7. The smallest absolute Gasteiger partial charge is 0.138 e. The van der Waals surface area contributed by atoms with Crippen LogP contribution in [0.15, 0.2) is 30.6 Å².